The SMILES string of the molecule is CCCNC(C)c1cc(F)ccc1Sc1ccccc1Br. The van der Waals surface area contributed by atoms with E-state index in [9.17, 15) is 4.39 Å². The average molecular weight is 368 g/mol. The molecule has 0 aliphatic heterocycles. The lowest BCUT2D eigenvalue weighted by Gasteiger charge is -2.18. The molecule has 0 aliphatic carbocycles. The highest BCUT2D eigenvalue weighted by atomic mass is 79.9. The first-order chi connectivity index (χ1) is 10.1. The predicted molar refractivity (Wildman–Crippen MR) is 91.4 cm³/mol. The van der Waals surface area contributed by atoms with Gasteiger partial charge in [-0.25, -0.2) is 4.39 Å². The van der Waals surface area contributed by atoms with Gasteiger partial charge in [0.1, 0.15) is 5.82 Å². The first-order valence-corrected chi connectivity index (χ1v) is 8.68. The monoisotopic (exact) mass is 367 g/mol. The molecule has 1 nitrogen and oxygen atoms in total. The minimum Gasteiger partial charge on any atom is -0.310 e. The van der Waals surface area contributed by atoms with E-state index in [1.165, 1.54) is 6.07 Å². The largest absolute Gasteiger partial charge is 0.310 e. The van der Waals surface area contributed by atoms with E-state index < -0.39 is 0 Å². The minimum atomic E-state index is -0.188. The van der Waals surface area contributed by atoms with Crippen LogP contribution in [0.15, 0.2) is 56.7 Å². The molecule has 0 aliphatic rings. The Labute approximate surface area is 138 Å². The first kappa shape index (κ1) is 16.5. The van der Waals surface area contributed by atoms with E-state index in [1.54, 1.807) is 17.8 Å². The second kappa shape index (κ2) is 7.97. The van der Waals surface area contributed by atoms with Gasteiger partial charge in [0.05, 0.1) is 0 Å². The van der Waals surface area contributed by atoms with Crippen LogP contribution in [0.1, 0.15) is 31.9 Å². The van der Waals surface area contributed by atoms with E-state index in [1.807, 2.05) is 24.3 Å². The number of benzene rings is 2. The molecular weight excluding hydrogens is 349 g/mol. The molecule has 1 atom stereocenters. The summed E-state index contributed by atoms with van der Waals surface area (Å²) >= 11 is 5.22. The summed E-state index contributed by atoms with van der Waals surface area (Å²) in [5, 5.41) is 3.42. The summed E-state index contributed by atoms with van der Waals surface area (Å²) < 4.78 is 14.7. The minimum absolute atomic E-state index is 0.130. The van der Waals surface area contributed by atoms with Gasteiger partial charge in [0.25, 0.3) is 0 Å². The Morgan fingerprint density at radius 3 is 2.67 bits per heavy atom. The zero-order valence-corrected chi connectivity index (χ0v) is 14.6. The summed E-state index contributed by atoms with van der Waals surface area (Å²) in [6, 6.07) is 13.2. The Morgan fingerprint density at radius 1 is 1.19 bits per heavy atom. The number of halogens is 2. The molecule has 0 saturated heterocycles. The molecule has 1 N–H and O–H groups in total. The maximum atomic E-state index is 13.6. The smallest absolute Gasteiger partial charge is 0.123 e. The molecule has 0 heterocycles. The zero-order valence-electron chi connectivity index (χ0n) is 12.2. The fourth-order valence-electron chi connectivity index (χ4n) is 2.07. The molecule has 112 valence electrons. The van der Waals surface area contributed by atoms with Crippen LogP contribution in [0.3, 0.4) is 0 Å². The maximum Gasteiger partial charge on any atom is 0.123 e. The quantitative estimate of drug-likeness (QED) is 0.692. The molecule has 0 aromatic heterocycles. The van der Waals surface area contributed by atoms with Gasteiger partial charge in [-0.3, -0.25) is 0 Å². The van der Waals surface area contributed by atoms with Crippen LogP contribution in [0.5, 0.6) is 0 Å². The summed E-state index contributed by atoms with van der Waals surface area (Å²) in [5.74, 6) is -0.188. The lowest BCUT2D eigenvalue weighted by Crippen LogP contribution is -2.20. The van der Waals surface area contributed by atoms with Crippen molar-refractivity contribution in [1.29, 1.82) is 0 Å². The molecule has 0 bridgehead atoms. The first-order valence-electron chi connectivity index (χ1n) is 7.07. The third kappa shape index (κ3) is 4.56. The third-order valence-corrected chi connectivity index (χ3v) is 5.32. The predicted octanol–water partition coefficient (Wildman–Crippen LogP) is 5.80. The van der Waals surface area contributed by atoms with E-state index in [0.717, 1.165) is 32.8 Å². The molecule has 0 amide bonds. The fourth-order valence-corrected chi connectivity index (χ4v) is 3.63. The molecule has 0 fully saturated rings. The van der Waals surface area contributed by atoms with E-state index >= 15 is 0 Å². The van der Waals surface area contributed by atoms with Gasteiger partial charge < -0.3 is 5.32 Å². The van der Waals surface area contributed by atoms with Gasteiger partial charge in [-0.1, -0.05) is 30.8 Å². The Balaban J connectivity index is 2.28. The van der Waals surface area contributed by atoms with Crippen LogP contribution in [0.2, 0.25) is 0 Å². The summed E-state index contributed by atoms with van der Waals surface area (Å²) in [4.78, 5) is 2.22. The van der Waals surface area contributed by atoms with Crippen molar-refractivity contribution in [3.8, 4) is 0 Å². The van der Waals surface area contributed by atoms with Gasteiger partial charge in [0.15, 0.2) is 0 Å². The van der Waals surface area contributed by atoms with Crippen molar-refractivity contribution >= 4 is 27.7 Å². The van der Waals surface area contributed by atoms with Gasteiger partial charge in [-0.05, 0) is 71.7 Å². The second-order valence-corrected chi connectivity index (χ2v) is 6.83. The van der Waals surface area contributed by atoms with Crippen molar-refractivity contribution in [3.63, 3.8) is 0 Å². The van der Waals surface area contributed by atoms with Crippen molar-refractivity contribution in [2.45, 2.75) is 36.1 Å². The van der Waals surface area contributed by atoms with Crippen LogP contribution in [-0.4, -0.2) is 6.54 Å². The van der Waals surface area contributed by atoms with E-state index in [4.69, 9.17) is 0 Å². The van der Waals surface area contributed by atoms with Crippen LogP contribution in [-0.2, 0) is 0 Å². The van der Waals surface area contributed by atoms with Crippen molar-refractivity contribution in [2.75, 3.05) is 6.54 Å². The summed E-state index contributed by atoms with van der Waals surface area (Å²) in [7, 11) is 0. The molecule has 2 aromatic carbocycles. The molecule has 2 rings (SSSR count). The Morgan fingerprint density at radius 2 is 1.95 bits per heavy atom. The normalized spacial score (nSPS) is 12.4. The van der Waals surface area contributed by atoms with E-state index in [-0.39, 0.29) is 11.9 Å². The van der Waals surface area contributed by atoms with Crippen molar-refractivity contribution in [1.82, 2.24) is 5.32 Å². The lowest BCUT2D eigenvalue weighted by atomic mass is 10.1. The van der Waals surface area contributed by atoms with Crippen LogP contribution in [0.4, 0.5) is 4.39 Å². The van der Waals surface area contributed by atoms with E-state index in [0.29, 0.717) is 0 Å². The fraction of sp³-hybridized carbons (Fsp3) is 0.294. The van der Waals surface area contributed by atoms with Crippen molar-refractivity contribution in [3.05, 3.63) is 58.3 Å². The average Bonchev–Trinajstić information content (AvgIpc) is 2.48. The standard InChI is InChI=1S/C17H19BrFNS/c1-3-10-20-12(2)14-11-13(19)8-9-16(14)21-17-7-5-4-6-15(17)18/h4-9,11-12,20H,3,10H2,1-2H3. The van der Waals surface area contributed by atoms with Crippen molar-refractivity contribution < 1.29 is 4.39 Å². The van der Waals surface area contributed by atoms with Gasteiger partial charge >= 0.3 is 0 Å². The van der Waals surface area contributed by atoms with Crippen LogP contribution >= 0.6 is 27.7 Å². The van der Waals surface area contributed by atoms with Crippen LogP contribution < -0.4 is 5.32 Å². The molecule has 0 spiro atoms. The second-order valence-electron chi connectivity index (χ2n) is 4.89. The number of hydrogen-bond acceptors (Lipinski definition) is 2. The van der Waals surface area contributed by atoms with Gasteiger partial charge in [-0.2, -0.15) is 0 Å². The Bertz CT molecular complexity index is 603. The highest BCUT2D eigenvalue weighted by molar-refractivity contribution is 9.10. The molecule has 0 saturated carbocycles. The third-order valence-electron chi connectivity index (χ3n) is 3.20. The highest BCUT2D eigenvalue weighted by Gasteiger charge is 2.13. The highest BCUT2D eigenvalue weighted by Crippen LogP contribution is 2.37. The van der Waals surface area contributed by atoms with Gasteiger partial charge in [0, 0.05) is 20.3 Å². The Hall–Kier alpha value is -0.840. The van der Waals surface area contributed by atoms with Gasteiger partial charge in [0.2, 0.25) is 0 Å². The molecule has 1 unspecified atom stereocenters. The van der Waals surface area contributed by atoms with Gasteiger partial charge in [-0.15, -0.1) is 0 Å². The molecular formula is C17H19BrFNS. The number of rotatable bonds is 6. The molecule has 2 aromatic rings. The molecule has 4 heteroatoms. The van der Waals surface area contributed by atoms with Crippen LogP contribution in [0.25, 0.3) is 0 Å². The number of nitrogens with one attached hydrogen (secondary N) is 1. The number of hydrogen-bond donors (Lipinski definition) is 1. The summed E-state index contributed by atoms with van der Waals surface area (Å²) in [5.41, 5.74) is 1.00. The molecule has 0 radical (unpaired) electrons. The Kier molecular flexibility index (Phi) is 6.27. The van der Waals surface area contributed by atoms with Crippen LogP contribution in [0, 0.1) is 5.82 Å². The summed E-state index contributed by atoms with van der Waals surface area (Å²) in [6.45, 7) is 5.13. The summed E-state index contributed by atoms with van der Waals surface area (Å²) in [6.07, 6.45) is 1.06. The lowest BCUT2D eigenvalue weighted by molar-refractivity contribution is 0.554. The maximum absolute atomic E-state index is 13.6. The van der Waals surface area contributed by atoms with E-state index in [2.05, 4.69) is 41.2 Å². The van der Waals surface area contributed by atoms with Crippen molar-refractivity contribution in [2.24, 2.45) is 0 Å². The molecule has 21 heavy (non-hydrogen) atoms. The topological polar surface area (TPSA) is 12.0 Å². The zero-order chi connectivity index (χ0) is 15.2.